The van der Waals surface area contributed by atoms with Crippen LogP contribution in [0.25, 0.3) is 0 Å². The summed E-state index contributed by atoms with van der Waals surface area (Å²) in [5.74, 6) is 0. The van der Waals surface area contributed by atoms with Crippen LogP contribution >= 0.6 is 11.8 Å². The number of thioether (sulfide) groups is 1. The van der Waals surface area contributed by atoms with Crippen molar-refractivity contribution in [2.75, 3.05) is 36.6 Å². The van der Waals surface area contributed by atoms with Gasteiger partial charge in [-0.3, -0.25) is 0 Å². The second-order valence-corrected chi connectivity index (χ2v) is 6.04. The lowest BCUT2D eigenvalue weighted by Crippen LogP contribution is -2.31. The molecule has 0 heterocycles. The molecule has 0 spiro atoms. The van der Waals surface area contributed by atoms with Crippen LogP contribution in [0.3, 0.4) is 0 Å². The summed E-state index contributed by atoms with van der Waals surface area (Å²) in [5.41, 5.74) is 2.03. The fraction of sp³-hybridized carbons (Fsp3) is 0.278. The van der Waals surface area contributed by atoms with E-state index in [1.165, 1.54) is 5.69 Å². The second kappa shape index (κ2) is 9.10. The topological polar surface area (TPSA) is 44.4 Å². The Labute approximate surface area is 142 Å². The Hall–Kier alpha value is -2.14. The molecule has 0 aliphatic heterocycles. The smallest absolute Gasteiger partial charge is 0.319 e. The molecule has 0 saturated heterocycles. The van der Waals surface area contributed by atoms with E-state index in [4.69, 9.17) is 0 Å². The van der Waals surface area contributed by atoms with Gasteiger partial charge in [-0.1, -0.05) is 30.3 Å². The third-order valence-corrected chi connectivity index (χ3v) is 4.30. The Morgan fingerprint density at radius 1 is 1.09 bits per heavy atom. The highest BCUT2D eigenvalue weighted by Gasteiger charge is 2.05. The van der Waals surface area contributed by atoms with Crippen molar-refractivity contribution in [3.05, 3.63) is 54.6 Å². The fourth-order valence-electron chi connectivity index (χ4n) is 2.24. The zero-order chi connectivity index (χ0) is 16.5. The van der Waals surface area contributed by atoms with Gasteiger partial charge in [0, 0.05) is 30.7 Å². The number of rotatable bonds is 7. The first-order valence-electron chi connectivity index (χ1n) is 7.65. The molecule has 4 nitrogen and oxygen atoms in total. The molecule has 0 saturated carbocycles. The summed E-state index contributed by atoms with van der Waals surface area (Å²) in [5, 5.41) is 5.80. The van der Waals surface area contributed by atoms with Crippen LogP contribution < -0.4 is 15.5 Å². The zero-order valence-corrected chi connectivity index (χ0v) is 14.4. The summed E-state index contributed by atoms with van der Waals surface area (Å²) in [4.78, 5) is 15.2. The molecule has 23 heavy (non-hydrogen) atoms. The lowest BCUT2D eigenvalue weighted by Gasteiger charge is -2.19. The Bertz CT molecular complexity index is 619. The van der Waals surface area contributed by atoms with Gasteiger partial charge in [-0.25, -0.2) is 4.79 Å². The van der Waals surface area contributed by atoms with Gasteiger partial charge in [0.1, 0.15) is 0 Å². The zero-order valence-electron chi connectivity index (χ0n) is 13.6. The van der Waals surface area contributed by atoms with Crippen molar-refractivity contribution in [3.63, 3.8) is 0 Å². The number of benzene rings is 2. The van der Waals surface area contributed by atoms with Crippen molar-refractivity contribution in [2.24, 2.45) is 0 Å². The molecule has 0 atom stereocenters. The van der Waals surface area contributed by atoms with Gasteiger partial charge in [-0.05, 0) is 36.9 Å². The van der Waals surface area contributed by atoms with Gasteiger partial charge < -0.3 is 15.5 Å². The maximum absolute atomic E-state index is 12.0. The average molecular weight is 329 g/mol. The molecule has 0 aliphatic rings. The van der Waals surface area contributed by atoms with E-state index < -0.39 is 0 Å². The molecule has 0 radical (unpaired) electrons. The van der Waals surface area contributed by atoms with Gasteiger partial charge in [0.05, 0.1) is 5.69 Å². The normalized spacial score (nSPS) is 10.2. The lowest BCUT2D eigenvalue weighted by atomic mass is 10.3. The minimum atomic E-state index is -0.158. The van der Waals surface area contributed by atoms with Crippen molar-refractivity contribution in [1.82, 2.24) is 5.32 Å². The number of urea groups is 1. The van der Waals surface area contributed by atoms with Gasteiger partial charge in [-0.15, -0.1) is 11.8 Å². The molecule has 0 fully saturated rings. The van der Waals surface area contributed by atoms with Crippen LogP contribution in [0.5, 0.6) is 0 Å². The maximum atomic E-state index is 12.0. The molecule has 0 unspecified atom stereocenters. The molecule has 2 amide bonds. The molecular weight excluding hydrogens is 306 g/mol. The summed E-state index contributed by atoms with van der Waals surface area (Å²) in [6.45, 7) is 1.54. The lowest BCUT2D eigenvalue weighted by molar-refractivity contribution is 0.252. The van der Waals surface area contributed by atoms with Crippen molar-refractivity contribution >= 4 is 29.2 Å². The van der Waals surface area contributed by atoms with E-state index >= 15 is 0 Å². The Morgan fingerprint density at radius 2 is 1.78 bits per heavy atom. The van der Waals surface area contributed by atoms with E-state index in [9.17, 15) is 4.79 Å². The first kappa shape index (κ1) is 17.2. The van der Waals surface area contributed by atoms with E-state index in [1.54, 1.807) is 11.8 Å². The minimum Gasteiger partial charge on any atom is -0.375 e. The van der Waals surface area contributed by atoms with E-state index in [0.717, 1.165) is 23.5 Å². The van der Waals surface area contributed by atoms with Crippen LogP contribution in [-0.2, 0) is 0 Å². The van der Waals surface area contributed by atoms with Gasteiger partial charge in [-0.2, -0.15) is 0 Å². The third-order valence-electron chi connectivity index (χ3n) is 3.51. The highest BCUT2D eigenvalue weighted by atomic mass is 32.2. The minimum absolute atomic E-state index is 0.158. The fourth-order valence-corrected chi connectivity index (χ4v) is 2.80. The van der Waals surface area contributed by atoms with Gasteiger partial charge in [0.15, 0.2) is 0 Å². The maximum Gasteiger partial charge on any atom is 0.319 e. The molecule has 0 bridgehead atoms. The van der Waals surface area contributed by atoms with E-state index in [1.807, 2.05) is 48.7 Å². The molecule has 2 aromatic carbocycles. The largest absolute Gasteiger partial charge is 0.375 e. The number of para-hydroxylation sites is 2. The molecule has 5 heteroatoms. The summed E-state index contributed by atoms with van der Waals surface area (Å²) in [6, 6.07) is 17.9. The molecule has 2 rings (SSSR count). The van der Waals surface area contributed by atoms with Crippen LogP contribution in [0, 0.1) is 0 Å². The second-order valence-electron chi connectivity index (χ2n) is 5.19. The van der Waals surface area contributed by atoms with Crippen LogP contribution in [0.2, 0.25) is 0 Å². The van der Waals surface area contributed by atoms with Crippen LogP contribution in [0.4, 0.5) is 16.2 Å². The van der Waals surface area contributed by atoms with Gasteiger partial charge in [0.2, 0.25) is 0 Å². The Morgan fingerprint density at radius 3 is 2.52 bits per heavy atom. The monoisotopic (exact) mass is 329 g/mol. The third kappa shape index (κ3) is 5.53. The Balaban J connectivity index is 1.71. The number of amides is 2. The van der Waals surface area contributed by atoms with Crippen molar-refractivity contribution in [2.45, 2.75) is 11.3 Å². The summed E-state index contributed by atoms with van der Waals surface area (Å²) in [6.07, 6.45) is 2.89. The molecular formula is C18H23N3OS. The predicted molar refractivity (Wildman–Crippen MR) is 99.6 cm³/mol. The van der Waals surface area contributed by atoms with E-state index in [0.29, 0.717) is 6.54 Å². The summed E-state index contributed by atoms with van der Waals surface area (Å²) in [7, 11) is 2.06. The van der Waals surface area contributed by atoms with Gasteiger partial charge in [0.25, 0.3) is 0 Å². The van der Waals surface area contributed by atoms with Crippen molar-refractivity contribution in [3.8, 4) is 0 Å². The number of carbonyl (C=O) groups is 1. The van der Waals surface area contributed by atoms with Gasteiger partial charge >= 0.3 is 6.03 Å². The molecule has 0 aromatic heterocycles. The predicted octanol–water partition coefficient (Wildman–Crippen LogP) is 4.06. The first-order chi connectivity index (χ1) is 11.2. The average Bonchev–Trinajstić information content (AvgIpc) is 2.59. The molecule has 2 aromatic rings. The highest BCUT2D eigenvalue weighted by molar-refractivity contribution is 7.98. The molecule has 0 aliphatic carbocycles. The number of hydrogen-bond acceptors (Lipinski definition) is 3. The molecule has 122 valence electrons. The van der Waals surface area contributed by atoms with Crippen molar-refractivity contribution in [1.29, 1.82) is 0 Å². The number of nitrogens with one attached hydrogen (secondary N) is 2. The van der Waals surface area contributed by atoms with Crippen LogP contribution in [0.1, 0.15) is 6.42 Å². The van der Waals surface area contributed by atoms with Crippen molar-refractivity contribution < 1.29 is 4.79 Å². The standard InChI is InChI=1S/C18H23N3OS/c1-21(15-9-4-3-5-10-15)14-8-13-19-18(22)20-16-11-6-7-12-17(16)23-2/h3-7,9-12H,8,13-14H2,1-2H3,(H2,19,20,22). The SMILES string of the molecule is CSc1ccccc1NC(=O)NCCCN(C)c1ccccc1. The highest BCUT2D eigenvalue weighted by Crippen LogP contribution is 2.24. The quantitative estimate of drug-likeness (QED) is 0.595. The number of nitrogens with zero attached hydrogens (tertiary/aromatic N) is 1. The van der Waals surface area contributed by atoms with Crippen LogP contribution in [-0.4, -0.2) is 32.4 Å². The molecule has 2 N–H and O–H groups in total. The Kier molecular flexibility index (Phi) is 6.81. The number of hydrogen-bond donors (Lipinski definition) is 2. The van der Waals surface area contributed by atoms with E-state index in [-0.39, 0.29) is 6.03 Å². The number of anilines is 2. The summed E-state index contributed by atoms with van der Waals surface area (Å²) >= 11 is 1.62. The van der Waals surface area contributed by atoms with E-state index in [2.05, 4.69) is 34.7 Å². The summed E-state index contributed by atoms with van der Waals surface area (Å²) < 4.78 is 0. The van der Waals surface area contributed by atoms with Crippen LogP contribution in [0.15, 0.2) is 59.5 Å². The number of carbonyl (C=O) groups excluding carboxylic acids is 1. The first-order valence-corrected chi connectivity index (χ1v) is 8.87.